The van der Waals surface area contributed by atoms with Gasteiger partial charge in [0.2, 0.25) is 11.8 Å². The van der Waals surface area contributed by atoms with Gasteiger partial charge in [-0.05, 0) is 39.0 Å². The minimum Gasteiger partial charge on any atom is -0.475 e. The monoisotopic (exact) mass is 406 g/mol. The molecule has 2 rings (SSSR count). The number of amides is 2. The minimum absolute atomic E-state index is 0.0847. The summed E-state index contributed by atoms with van der Waals surface area (Å²) in [6.07, 6.45) is -0.748. The maximum absolute atomic E-state index is 12.2. The number of carboxylic acid groups (broad SMARTS) is 1. The fourth-order valence-electron chi connectivity index (χ4n) is 3.23. The van der Waals surface area contributed by atoms with Crippen LogP contribution in [0.3, 0.4) is 0 Å². The lowest BCUT2D eigenvalue weighted by Gasteiger charge is -2.25. The Morgan fingerprint density at radius 1 is 1.21 bits per heavy atom. The minimum atomic E-state index is -5.08. The SMILES string of the molecule is C[C@@H]1CCCN1C(=O)CCC(N)C(=O)N1CCCC1C#N.O=C(O)C(F)(F)F. The van der Waals surface area contributed by atoms with Gasteiger partial charge in [0.05, 0.1) is 12.1 Å². The number of aliphatic carboxylic acids is 1. The molecule has 0 aromatic rings. The first-order valence-corrected chi connectivity index (χ1v) is 9.04. The summed E-state index contributed by atoms with van der Waals surface area (Å²) in [5.41, 5.74) is 5.92. The molecule has 2 unspecified atom stereocenters. The lowest BCUT2D eigenvalue weighted by atomic mass is 10.1. The molecule has 0 aromatic carbocycles. The molecule has 0 spiro atoms. The third-order valence-electron chi connectivity index (χ3n) is 4.79. The van der Waals surface area contributed by atoms with E-state index in [0.29, 0.717) is 25.4 Å². The number of halogens is 3. The number of alkyl halides is 3. The summed E-state index contributed by atoms with van der Waals surface area (Å²) in [5, 5.41) is 16.1. The fourth-order valence-corrected chi connectivity index (χ4v) is 3.23. The maximum Gasteiger partial charge on any atom is 0.490 e. The van der Waals surface area contributed by atoms with Crippen molar-refractivity contribution in [3.63, 3.8) is 0 Å². The summed E-state index contributed by atoms with van der Waals surface area (Å²) < 4.78 is 31.7. The molecule has 8 nitrogen and oxygen atoms in total. The summed E-state index contributed by atoms with van der Waals surface area (Å²) in [6.45, 7) is 3.46. The van der Waals surface area contributed by atoms with Crippen LogP contribution in [-0.2, 0) is 14.4 Å². The normalized spacial score (nSPS) is 22.9. The Balaban J connectivity index is 0.000000480. The second kappa shape index (κ2) is 10.3. The Kier molecular flexibility index (Phi) is 8.68. The molecule has 2 amide bonds. The molecular weight excluding hydrogens is 381 g/mol. The van der Waals surface area contributed by atoms with Gasteiger partial charge in [0, 0.05) is 25.6 Å². The van der Waals surface area contributed by atoms with E-state index < -0.39 is 18.2 Å². The third-order valence-corrected chi connectivity index (χ3v) is 4.79. The lowest BCUT2D eigenvalue weighted by molar-refractivity contribution is -0.192. The molecule has 3 N–H and O–H groups in total. The number of hydrogen-bond acceptors (Lipinski definition) is 5. The molecule has 0 aromatic heterocycles. The van der Waals surface area contributed by atoms with Crippen molar-refractivity contribution < 1.29 is 32.7 Å². The van der Waals surface area contributed by atoms with Crippen molar-refractivity contribution in [1.29, 1.82) is 5.26 Å². The van der Waals surface area contributed by atoms with Crippen LogP contribution in [0, 0.1) is 11.3 Å². The van der Waals surface area contributed by atoms with Gasteiger partial charge in [0.1, 0.15) is 6.04 Å². The van der Waals surface area contributed by atoms with Crippen LogP contribution < -0.4 is 5.73 Å². The summed E-state index contributed by atoms with van der Waals surface area (Å²) >= 11 is 0. The van der Waals surface area contributed by atoms with Crippen molar-refractivity contribution in [2.45, 2.75) is 69.8 Å². The Labute approximate surface area is 161 Å². The number of nitrogens with zero attached hydrogens (tertiary/aromatic N) is 3. The number of carboxylic acids is 1. The highest BCUT2D eigenvalue weighted by Gasteiger charge is 2.38. The molecule has 2 aliphatic rings. The number of likely N-dealkylation sites (tertiary alicyclic amines) is 2. The van der Waals surface area contributed by atoms with E-state index in [4.69, 9.17) is 20.9 Å². The summed E-state index contributed by atoms with van der Waals surface area (Å²) in [5.74, 6) is -2.87. The molecule has 0 saturated carbocycles. The Bertz CT molecular complexity index is 621. The van der Waals surface area contributed by atoms with E-state index in [0.717, 1.165) is 32.2 Å². The predicted octanol–water partition coefficient (Wildman–Crippen LogP) is 1.25. The summed E-state index contributed by atoms with van der Waals surface area (Å²) in [4.78, 5) is 36.7. The van der Waals surface area contributed by atoms with Crippen molar-refractivity contribution in [3.8, 4) is 6.07 Å². The van der Waals surface area contributed by atoms with Crippen LogP contribution in [0.25, 0.3) is 0 Å². The van der Waals surface area contributed by atoms with Crippen LogP contribution in [0.4, 0.5) is 13.2 Å². The molecule has 2 aliphatic heterocycles. The predicted molar refractivity (Wildman–Crippen MR) is 91.7 cm³/mol. The number of hydrogen-bond donors (Lipinski definition) is 2. The molecule has 0 aliphatic carbocycles. The van der Waals surface area contributed by atoms with Gasteiger partial charge in [-0.2, -0.15) is 18.4 Å². The van der Waals surface area contributed by atoms with Crippen LogP contribution in [0.1, 0.15) is 45.4 Å². The molecule has 28 heavy (non-hydrogen) atoms. The van der Waals surface area contributed by atoms with Gasteiger partial charge < -0.3 is 20.6 Å². The Morgan fingerprint density at radius 3 is 2.21 bits per heavy atom. The van der Waals surface area contributed by atoms with Crippen LogP contribution in [0.2, 0.25) is 0 Å². The zero-order chi connectivity index (χ0) is 21.5. The maximum atomic E-state index is 12.2. The molecule has 2 heterocycles. The average molecular weight is 406 g/mol. The topological polar surface area (TPSA) is 128 Å². The highest BCUT2D eigenvalue weighted by molar-refractivity contribution is 5.84. The van der Waals surface area contributed by atoms with Crippen molar-refractivity contribution in [1.82, 2.24) is 9.80 Å². The Morgan fingerprint density at radius 2 is 1.75 bits per heavy atom. The van der Waals surface area contributed by atoms with E-state index in [2.05, 4.69) is 13.0 Å². The molecule has 0 radical (unpaired) electrons. The summed E-state index contributed by atoms with van der Waals surface area (Å²) in [6, 6.07) is 1.41. The van der Waals surface area contributed by atoms with Gasteiger partial charge in [0.25, 0.3) is 0 Å². The van der Waals surface area contributed by atoms with Crippen molar-refractivity contribution >= 4 is 17.8 Å². The Hall–Kier alpha value is -2.35. The van der Waals surface area contributed by atoms with Crippen molar-refractivity contribution in [2.75, 3.05) is 13.1 Å². The van der Waals surface area contributed by atoms with Gasteiger partial charge in [-0.1, -0.05) is 0 Å². The number of nitrogens with two attached hydrogens (primary N) is 1. The van der Waals surface area contributed by atoms with E-state index in [-0.39, 0.29) is 17.9 Å². The van der Waals surface area contributed by atoms with Crippen LogP contribution >= 0.6 is 0 Å². The fraction of sp³-hybridized carbons (Fsp3) is 0.765. The van der Waals surface area contributed by atoms with E-state index in [1.54, 1.807) is 4.90 Å². The van der Waals surface area contributed by atoms with Crippen molar-refractivity contribution in [2.24, 2.45) is 5.73 Å². The van der Waals surface area contributed by atoms with E-state index >= 15 is 0 Å². The standard InChI is InChI=1S/C15H24N4O2.C2HF3O2/c1-11-4-2-8-18(11)14(20)7-6-13(17)15(21)19-9-3-5-12(19)10-16;3-2(4,5)1(6)7/h11-13H,2-9,17H2,1H3;(H,6,7)/t11-,12?,13?;/m1./s1. The molecule has 158 valence electrons. The zero-order valence-electron chi connectivity index (χ0n) is 15.6. The van der Waals surface area contributed by atoms with Gasteiger partial charge >= 0.3 is 12.1 Å². The quantitative estimate of drug-likeness (QED) is 0.723. The average Bonchev–Trinajstić information content (AvgIpc) is 3.26. The highest BCUT2D eigenvalue weighted by atomic mass is 19.4. The number of carbonyl (C=O) groups is 3. The lowest BCUT2D eigenvalue weighted by Crippen LogP contribution is -2.46. The van der Waals surface area contributed by atoms with E-state index in [1.165, 1.54) is 0 Å². The first kappa shape index (κ1) is 23.7. The highest BCUT2D eigenvalue weighted by Crippen LogP contribution is 2.20. The molecule has 11 heteroatoms. The van der Waals surface area contributed by atoms with Crippen LogP contribution in [0.15, 0.2) is 0 Å². The third kappa shape index (κ3) is 6.67. The first-order chi connectivity index (χ1) is 13.0. The van der Waals surface area contributed by atoms with E-state index in [9.17, 15) is 22.8 Å². The smallest absolute Gasteiger partial charge is 0.475 e. The second-order valence-corrected chi connectivity index (χ2v) is 6.85. The van der Waals surface area contributed by atoms with Gasteiger partial charge in [-0.3, -0.25) is 9.59 Å². The van der Waals surface area contributed by atoms with Crippen molar-refractivity contribution in [3.05, 3.63) is 0 Å². The van der Waals surface area contributed by atoms with Gasteiger partial charge in [-0.25, -0.2) is 4.79 Å². The molecule has 0 bridgehead atoms. The first-order valence-electron chi connectivity index (χ1n) is 9.04. The molecule has 2 saturated heterocycles. The van der Waals surface area contributed by atoms with Gasteiger partial charge in [0.15, 0.2) is 0 Å². The number of rotatable bonds is 4. The molecular formula is C17H25F3N4O4. The van der Waals surface area contributed by atoms with Gasteiger partial charge in [-0.15, -0.1) is 0 Å². The summed E-state index contributed by atoms with van der Waals surface area (Å²) in [7, 11) is 0. The van der Waals surface area contributed by atoms with Crippen LogP contribution in [-0.4, -0.2) is 70.1 Å². The second-order valence-electron chi connectivity index (χ2n) is 6.85. The molecule has 3 atom stereocenters. The van der Waals surface area contributed by atoms with Crippen LogP contribution in [0.5, 0.6) is 0 Å². The number of carbonyl (C=O) groups excluding carboxylic acids is 2. The largest absolute Gasteiger partial charge is 0.490 e. The zero-order valence-corrected chi connectivity index (χ0v) is 15.6. The van der Waals surface area contributed by atoms with E-state index in [1.807, 2.05) is 4.90 Å². The number of nitriles is 1. The molecule has 2 fully saturated rings.